The summed E-state index contributed by atoms with van der Waals surface area (Å²) in [6.45, 7) is 0. The van der Waals surface area contributed by atoms with Crippen LogP contribution in [0.4, 0.5) is 32.0 Å². The predicted molar refractivity (Wildman–Crippen MR) is 84.4 cm³/mol. The number of benzene rings is 2. The lowest BCUT2D eigenvalue weighted by atomic mass is 10.0. The van der Waals surface area contributed by atoms with E-state index in [0.717, 1.165) is 12.1 Å². The van der Waals surface area contributed by atoms with E-state index in [1.807, 2.05) is 0 Å². The minimum Gasteiger partial charge on any atom is -0.366 e. The SMILES string of the molecule is NC(=O)c1cc(Cl)ccc1NC(=O)c1cc(C(F)(F)F)cc(C(F)(F)F)c1. The van der Waals surface area contributed by atoms with Crippen LogP contribution in [0, 0.1) is 0 Å². The second-order valence-electron chi connectivity index (χ2n) is 5.30. The van der Waals surface area contributed by atoms with Crippen LogP contribution in [0.5, 0.6) is 0 Å². The quantitative estimate of drug-likeness (QED) is 0.718. The van der Waals surface area contributed by atoms with Crippen molar-refractivity contribution in [3.63, 3.8) is 0 Å². The molecule has 11 heteroatoms. The van der Waals surface area contributed by atoms with E-state index >= 15 is 0 Å². The van der Waals surface area contributed by atoms with Crippen LogP contribution in [0.2, 0.25) is 5.02 Å². The van der Waals surface area contributed by atoms with E-state index < -0.39 is 40.9 Å². The third-order valence-electron chi connectivity index (χ3n) is 3.35. The van der Waals surface area contributed by atoms with Crippen LogP contribution in [0.25, 0.3) is 0 Å². The van der Waals surface area contributed by atoms with Gasteiger partial charge in [0.05, 0.1) is 22.4 Å². The fourth-order valence-corrected chi connectivity index (χ4v) is 2.28. The van der Waals surface area contributed by atoms with Gasteiger partial charge in [0.15, 0.2) is 0 Å². The molecule has 0 heterocycles. The normalized spacial score (nSPS) is 12.0. The molecule has 0 spiro atoms. The fraction of sp³-hybridized carbons (Fsp3) is 0.125. The second kappa shape index (κ2) is 7.10. The van der Waals surface area contributed by atoms with Crippen LogP contribution < -0.4 is 11.1 Å². The summed E-state index contributed by atoms with van der Waals surface area (Å²) in [5.41, 5.74) is 0.439. The van der Waals surface area contributed by atoms with Gasteiger partial charge in [-0.05, 0) is 36.4 Å². The number of hydrogen-bond acceptors (Lipinski definition) is 2. The van der Waals surface area contributed by atoms with Crippen molar-refractivity contribution >= 4 is 29.1 Å². The molecular formula is C16H9ClF6N2O2. The Kier molecular flexibility index (Phi) is 5.41. The topological polar surface area (TPSA) is 72.2 Å². The van der Waals surface area contributed by atoms with Gasteiger partial charge < -0.3 is 11.1 Å². The molecule has 0 aromatic heterocycles. The van der Waals surface area contributed by atoms with Crippen LogP contribution >= 0.6 is 11.6 Å². The molecule has 0 unspecified atom stereocenters. The van der Waals surface area contributed by atoms with Crippen LogP contribution in [0.3, 0.4) is 0 Å². The number of halogens is 7. The first-order valence-electron chi connectivity index (χ1n) is 6.99. The van der Waals surface area contributed by atoms with Crippen LogP contribution in [0.15, 0.2) is 36.4 Å². The van der Waals surface area contributed by atoms with Gasteiger partial charge in [0.25, 0.3) is 11.8 Å². The lowest BCUT2D eigenvalue weighted by Gasteiger charge is -2.15. The van der Waals surface area contributed by atoms with E-state index in [1.54, 1.807) is 0 Å². The zero-order valence-electron chi connectivity index (χ0n) is 13.0. The molecule has 0 bridgehead atoms. The Morgan fingerprint density at radius 1 is 0.889 bits per heavy atom. The van der Waals surface area contributed by atoms with Crippen molar-refractivity contribution in [3.05, 3.63) is 63.7 Å². The van der Waals surface area contributed by atoms with Gasteiger partial charge in [-0.2, -0.15) is 26.3 Å². The summed E-state index contributed by atoms with van der Waals surface area (Å²) in [5.74, 6) is -2.30. The van der Waals surface area contributed by atoms with E-state index in [2.05, 4.69) is 5.32 Å². The van der Waals surface area contributed by atoms with Crippen LogP contribution in [-0.4, -0.2) is 11.8 Å². The van der Waals surface area contributed by atoms with E-state index in [9.17, 15) is 35.9 Å². The van der Waals surface area contributed by atoms with Gasteiger partial charge in [0.1, 0.15) is 0 Å². The molecule has 0 aliphatic heterocycles. The molecule has 0 saturated heterocycles. The van der Waals surface area contributed by atoms with E-state index in [4.69, 9.17) is 17.3 Å². The predicted octanol–water partition coefficient (Wildman–Crippen LogP) is 4.73. The zero-order valence-corrected chi connectivity index (χ0v) is 13.8. The Hall–Kier alpha value is -2.75. The Morgan fingerprint density at radius 3 is 1.85 bits per heavy atom. The maximum Gasteiger partial charge on any atom is 0.416 e. The second-order valence-corrected chi connectivity index (χ2v) is 5.74. The molecule has 2 amide bonds. The lowest BCUT2D eigenvalue weighted by Crippen LogP contribution is -2.20. The average Bonchev–Trinajstić information content (AvgIpc) is 2.54. The zero-order chi connectivity index (χ0) is 20.6. The molecule has 3 N–H and O–H groups in total. The summed E-state index contributed by atoms with van der Waals surface area (Å²) < 4.78 is 77.2. The molecule has 144 valence electrons. The summed E-state index contributed by atoms with van der Waals surface area (Å²) in [6, 6.07) is 3.91. The maximum absolute atomic E-state index is 12.9. The number of primary amides is 1. The van der Waals surface area contributed by atoms with Crippen molar-refractivity contribution in [2.75, 3.05) is 5.32 Å². The summed E-state index contributed by atoms with van der Waals surface area (Å²) >= 11 is 5.69. The van der Waals surface area contributed by atoms with E-state index in [0.29, 0.717) is 0 Å². The molecule has 0 aliphatic carbocycles. The molecule has 4 nitrogen and oxygen atoms in total. The minimum atomic E-state index is -5.10. The number of carbonyl (C=O) groups excluding carboxylic acids is 2. The summed E-state index contributed by atoms with van der Waals surface area (Å²) in [7, 11) is 0. The molecule has 2 rings (SSSR count). The Labute approximate surface area is 152 Å². The molecule has 0 aliphatic rings. The van der Waals surface area contributed by atoms with E-state index in [1.165, 1.54) is 6.07 Å². The number of hydrogen-bond donors (Lipinski definition) is 2. The van der Waals surface area contributed by atoms with Gasteiger partial charge in [-0.3, -0.25) is 9.59 Å². The largest absolute Gasteiger partial charge is 0.416 e. The molecule has 0 saturated carbocycles. The maximum atomic E-state index is 12.9. The lowest BCUT2D eigenvalue weighted by molar-refractivity contribution is -0.143. The van der Waals surface area contributed by atoms with E-state index in [-0.39, 0.29) is 34.5 Å². The van der Waals surface area contributed by atoms with Crippen molar-refractivity contribution in [1.29, 1.82) is 0 Å². The minimum absolute atomic E-state index is 0.0835. The highest BCUT2D eigenvalue weighted by atomic mass is 35.5. The Bertz CT molecular complexity index is 877. The number of rotatable bonds is 3. The van der Waals surface area contributed by atoms with Crippen LogP contribution in [0.1, 0.15) is 31.8 Å². The summed E-state index contributed by atoms with van der Waals surface area (Å²) in [5, 5.41) is 2.14. The molecule has 0 atom stereocenters. The first-order valence-corrected chi connectivity index (χ1v) is 7.37. The number of nitrogens with one attached hydrogen (secondary N) is 1. The van der Waals surface area contributed by atoms with Crippen molar-refractivity contribution < 1.29 is 35.9 Å². The number of carbonyl (C=O) groups is 2. The third kappa shape index (κ3) is 4.91. The summed E-state index contributed by atoms with van der Waals surface area (Å²) in [6.07, 6.45) is -10.2. The van der Waals surface area contributed by atoms with Gasteiger partial charge in [-0.15, -0.1) is 0 Å². The fourth-order valence-electron chi connectivity index (χ4n) is 2.11. The number of alkyl halides is 6. The van der Waals surface area contributed by atoms with Gasteiger partial charge in [-0.1, -0.05) is 11.6 Å². The van der Waals surface area contributed by atoms with Crippen molar-refractivity contribution in [2.24, 2.45) is 5.73 Å². The van der Waals surface area contributed by atoms with Crippen molar-refractivity contribution in [2.45, 2.75) is 12.4 Å². The number of amides is 2. The third-order valence-corrected chi connectivity index (χ3v) is 3.58. The first-order chi connectivity index (χ1) is 12.3. The van der Waals surface area contributed by atoms with Crippen molar-refractivity contribution in [1.82, 2.24) is 0 Å². The van der Waals surface area contributed by atoms with Crippen LogP contribution in [-0.2, 0) is 12.4 Å². The molecule has 2 aromatic rings. The number of nitrogens with two attached hydrogens (primary N) is 1. The molecule has 0 radical (unpaired) electrons. The Morgan fingerprint density at radius 2 is 1.41 bits per heavy atom. The first kappa shape index (κ1) is 20.6. The molecule has 27 heavy (non-hydrogen) atoms. The Balaban J connectivity index is 2.49. The average molecular weight is 411 g/mol. The molecule has 2 aromatic carbocycles. The highest BCUT2D eigenvalue weighted by Crippen LogP contribution is 2.36. The van der Waals surface area contributed by atoms with Gasteiger partial charge in [0, 0.05) is 10.6 Å². The standard InChI is InChI=1S/C16H9ClF6N2O2/c17-10-1-2-12(11(6-10)13(24)26)25-14(27)7-3-8(15(18,19)20)5-9(4-7)16(21,22)23/h1-6H,(H2,24,26)(H,25,27). The van der Waals surface area contributed by atoms with Gasteiger partial charge >= 0.3 is 12.4 Å². The van der Waals surface area contributed by atoms with Gasteiger partial charge in [-0.25, -0.2) is 0 Å². The molecular weight excluding hydrogens is 402 g/mol. The smallest absolute Gasteiger partial charge is 0.366 e. The summed E-state index contributed by atoms with van der Waals surface area (Å²) in [4.78, 5) is 23.6. The highest BCUT2D eigenvalue weighted by molar-refractivity contribution is 6.31. The van der Waals surface area contributed by atoms with Crippen molar-refractivity contribution in [3.8, 4) is 0 Å². The highest BCUT2D eigenvalue weighted by Gasteiger charge is 2.37. The van der Waals surface area contributed by atoms with Gasteiger partial charge in [0.2, 0.25) is 0 Å². The number of anilines is 1. The molecule has 0 fully saturated rings. The monoisotopic (exact) mass is 410 g/mol.